The number of imidazole rings is 1. The molecule has 2 aromatic rings. The fourth-order valence-corrected chi connectivity index (χ4v) is 3.34. The van der Waals surface area contributed by atoms with Crippen molar-refractivity contribution in [2.75, 3.05) is 13.1 Å². The van der Waals surface area contributed by atoms with E-state index in [0.29, 0.717) is 11.1 Å². The van der Waals surface area contributed by atoms with Gasteiger partial charge in [-0.3, -0.25) is 0 Å². The van der Waals surface area contributed by atoms with Gasteiger partial charge in [-0.15, -0.1) is 0 Å². The predicted octanol–water partition coefficient (Wildman–Crippen LogP) is 2.09. The zero-order valence-corrected chi connectivity index (χ0v) is 11.4. The summed E-state index contributed by atoms with van der Waals surface area (Å²) >= 11 is 0. The first-order chi connectivity index (χ1) is 9.49. The van der Waals surface area contributed by atoms with Crippen LogP contribution in [0.15, 0.2) is 10.9 Å². The van der Waals surface area contributed by atoms with Crippen LogP contribution in [-0.2, 0) is 0 Å². The van der Waals surface area contributed by atoms with Gasteiger partial charge in [0.2, 0.25) is 0 Å². The number of halogens is 2. The number of rotatable bonds is 1. The zero-order valence-electron chi connectivity index (χ0n) is 11.4. The largest absolute Gasteiger partial charge is 0.323 e. The number of fused-ring (bicyclic) bond motifs is 1. The molecule has 0 amide bonds. The van der Waals surface area contributed by atoms with Gasteiger partial charge in [-0.1, -0.05) is 13.8 Å². The van der Waals surface area contributed by atoms with Crippen molar-refractivity contribution in [1.29, 1.82) is 0 Å². The summed E-state index contributed by atoms with van der Waals surface area (Å²) in [7, 11) is 0. The smallest absolute Gasteiger partial charge is 0.316 e. The van der Waals surface area contributed by atoms with Gasteiger partial charge in [-0.2, -0.15) is 0 Å². The van der Waals surface area contributed by atoms with Gasteiger partial charge in [0.25, 0.3) is 0 Å². The van der Waals surface area contributed by atoms with E-state index >= 15 is 0 Å². The highest BCUT2D eigenvalue weighted by atomic mass is 19.2. The highest BCUT2D eigenvalue weighted by Gasteiger charge is 2.32. The lowest BCUT2D eigenvalue weighted by atomic mass is 9.75. The van der Waals surface area contributed by atoms with Crippen LogP contribution in [0.5, 0.6) is 0 Å². The van der Waals surface area contributed by atoms with E-state index in [4.69, 9.17) is 0 Å². The summed E-state index contributed by atoms with van der Waals surface area (Å²) in [4.78, 5) is 16.0. The van der Waals surface area contributed by atoms with Gasteiger partial charge >= 0.3 is 5.69 Å². The summed E-state index contributed by atoms with van der Waals surface area (Å²) in [6.45, 7) is 5.60. The van der Waals surface area contributed by atoms with Crippen LogP contribution in [0.1, 0.15) is 25.3 Å². The van der Waals surface area contributed by atoms with Crippen LogP contribution in [0, 0.1) is 23.5 Å². The molecular formula is C14H17F2N3O. The fourth-order valence-electron chi connectivity index (χ4n) is 3.34. The summed E-state index contributed by atoms with van der Waals surface area (Å²) in [5.74, 6) is -1.48. The van der Waals surface area contributed by atoms with E-state index in [1.165, 1.54) is 0 Å². The Morgan fingerprint density at radius 2 is 1.75 bits per heavy atom. The minimum atomic E-state index is -0.978. The number of aromatic amines is 2. The first kappa shape index (κ1) is 13.3. The van der Waals surface area contributed by atoms with Gasteiger partial charge in [-0.05, 0) is 42.5 Å². The Morgan fingerprint density at radius 1 is 1.10 bits per heavy atom. The van der Waals surface area contributed by atoms with E-state index in [2.05, 4.69) is 15.3 Å². The Hall–Kier alpha value is -1.69. The van der Waals surface area contributed by atoms with Crippen molar-refractivity contribution in [2.45, 2.75) is 19.8 Å². The van der Waals surface area contributed by atoms with Gasteiger partial charge in [0, 0.05) is 0 Å². The minimum absolute atomic E-state index is 0.0615. The first-order valence-corrected chi connectivity index (χ1v) is 6.79. The van der Waals surface area contributed by atoms with E-state index in [0.717, 1.165) is 13.1 Å². The lowest BCUT2D eigenvalue weighted by Gasteiger charge is -2.35. The average Bonchev–Trinajstić information content (AvgIpc) is 2.76. The number of aromatic nitrogens is 2. The molecule has 1 fully saturated rings. The molecule has 0 radical (unpaired) electrons. The number of H-pyrrole nitrogens is 2. The predicted molar refractivity (Wildman–Crippen MR) is 72.8 cm³/mol. The molecule has 4 nitrogen and oxygen atoms in total. The second kappa shape index (κ2) is 4.70. The van der Waals surface area contributed by atoms with Crippen molar-refractivity contribution in [3.05, 3.63) is 33.7 Å². The molecule has 0 spiro atoms. The number of hydrogen-bond donors (Lipinski definition) is 3. The normalized spacial score (nSPS) is 27.1. The molecule has 1 aliphatic heterocycles. The van der Waals surface area contributed by atoms with Gasteiger partial charge in [0.15, 0.2) is 11.6 Å². The summed E-state index contributed by atoms with van der Waals surface area (Å²) < 4.78 is 28.4. The molecule has 1 aromatic carbocycles. The molecule has 20 heavy (non-hydrogen) atoms. The standard InChI is InChI=1S/C14H17F2N3O/c1-6-4-17-5-7(2)10(6)8-3-9-13(12(16)11(8)15)19-14(20)18-9/h3,6-7,10,17H,4-5H2,1-2H3,(H2,18,19,20). The van der Waals surface area contributed by atoms with Crippen molar-refractivity contribution in [3.63, 3.8) is 0 Å². The molecule has 3 N–H and O–H groups in total. The fraction of sp³-hybridized carbons (Fsp3) is 0.500. The molecule has 2 atom stereocenters. The third-order valence-electron chi connectivity index (χ3n) is 4.24. The monoisotopic (exact) mass is 281 g/mol. The van der Waals surface area contributed by atoms with Crippen molar-refractivity contribution in [1.82, 2.24) is 15.3 Å². The van der Waals surface area contributed by atoms with Crippen LogP contribution in [0.2, 0.25) is 0 Å². The second-order valence-electron chi connectivity index (χ2n) is 5.73. The summed E-state index contributed by atoms with van der Waals surface area (Å²) in [5.41, 5.74) is 0.0564. The van der Waals surface area contributed by atoms with Gasteiger partial charge < -0.3 is 15.3 Å². The molecule has 6 heteroatoms. The minimum Gasteiger partial charge on any atom is -0.316 e. The number of benzene rings is 1. The molecule has 0 saturated carbocycles. The van der Waals surface area contributed by atoms with Crippen molar-refractivity contribution in [2.24, 2.45) is 11.8 Å². The van der Waals surface area contributed by atoms with E-state index in [-0.39, 0.29) is 23.3 Å². The lowest BCUT2D eigenvalue weighted by molar-refractivity contribution is 0.261. The Kier molecular flexibility index (Phi) is 3.12. The number of nitrogens with one attached hydrogen (secondary N) is 3. The topological polar surface area (TPSA) is 60.7 Å². The summed E-state index contributed by atoms with van der Waals surface area (Å²) in [5, 5.41) is 3.28. The Morgan fingerprint density at radius 3 is 2.40 bits per heavy atom. The number of piperidine rings is 1. The van der Waals surface area contributed by atoms with E-state index in [1.807, 2.05) is 13.8 Å². The van der Waals surface area contributed by atoms with Crippen LogP contribution < -0.4 is 11.0 Å². The maximum Gasteiger partial charge on any atom is 0.323 e. The second-order valence-corrected chi connectivity index (χ2v) is 5.73. The Balaban J connectivity index is 2.20. The quantitative estimate of drug-likeness (QED) is 0.749. The Bertz CT molecular complexity index is 696. The summed E-state index contributed by atoms with van der Waals surface area (Å²) in [6.07, 6.45) is 0. The molecule has 1 saturated heterocycles. The molecule has 0 bridgehead atoms. The van der Waals surface area contributed by atoms with Crippen LogP contribution in [0.3, 0.4) is 0 Å². The van der Waals surface area contributed by atoms with Crippen molar-refractivity contribution >= 4 is 11.0 Å². The average molecular weight is 281 g/mol. The molecular weight excluding hydrogens is 264 g/mol. The van der Waals surface area contributed by atoms with Crippen LogP contribution in [0.25, 0.3) is 11.0 Å². The third-order valence-corrected chi connectivity index (χ3v) is 4.24. The highest BCUT2D eigenvalue weighted by Crippen LogP contribution is 2.37. The van der Waals surface area contributed by atoms with Gasteiger partial charge in [0.1, 0.15) is 5.52 Å². The molecule has 1 aliphatic rings. The third kappa shape index (κ3) is 1.95. The highest BCUT2D eigenvalue weighted by molar-refractivity contribution is 5.76. The Labute approximate surface area is 114 Å². The van der Waals surface area contributed by atoms with Gasteiger partial charge in [0.05, 0.1) is 5.52 Å². The van der Waals surface area contributed by atoms with Gasteiger partial charge in [-0.25, -0.2) is 13.6 Å². The SMILES string of the molecule is CC1CNCC(C)C1c1cc2[nH]c(=O)[nH]c2c(F)c1F. The maximum absolute atomic E-state index is 14.3. The molecule has 2 unspecified atom stereocenters. The molecule has 108 valence electrons. The van der Waals surface area contributed by atoms with Crippen LogP contribution >= 0.6 is 0 Å². The number of hydrogen-bond acceptors (Lipinski definition) is 2. The van der Waals surface area contributed by atoms with Crippen molar-refractivity contribution < 1.29 is 8.78 Å². The van der Waals surface area contributed by atoms with E-state index in [9.17, 15) is 13.6 Å². The van der Waals surface area contributed by atoms with Crippen molar-refractivity contribution in [3.8, 4) is 0 Å². The van der Waals surface area contributed by atoms with E-state index in [1.54, 1.807) is 6.07 Å². The summed E-state index contributed by atoms with van der Waals surface area (Å²) in [6, 6.07) is 1.56. The van der Waals surface area contributed by atoms with E-state index < -0.39 is 17.3 Å². The molecule has 1 aromatic heterocycles. The van der Waals surface area contributed by atoms with Crippen LogP contribution in [0.4, 0.5) is 8.78 Å². The lowest BCUT2D eigenvalue weighted by Crippen LogP contribution is -2.40. The maximum atomic E-state index is 14.3. The zero-order chi connectivity index (χ0) is 14.4. The molecule has 2 heterocycles. The first-order valence-electron chi connectivity index (χ1n) is 6.79. The molecule has 0 aliphatic carbocycles. The van der Waals surface area contributed by atoms with Crippen LogP contribution in [-0.4, -0.2) is 23.1 Å². The molecule has 3 rings (SSSR count).